The summed E-state index contributed by atoms with van der Waals surface area (Å²) in [4.78, 5) is 27.1. The Hall–Kier alpha value is -3.29. The van der Waals surface area contributed by atoms with Crippen LogP contribution in [0.25, 0.3) is 16.8 Å². The molecule has 0 atom stereocenters. The van der Waals surface area contributed by atoms with Crippen LogP contribution in [-0.2, 0) is 0 Å². The molecule has 26 heavy (non-hydrogen) atoms. The second kappa shape index (κ2) is 5.35. The number of carboxylic acids is 1. The van der Waals surface area contributed by atoms with Crippen molar-refractivity contribution in [3.8, 4) is 22.8 Å². The topological polar surface area (TPSA) is 106 Å². The zero-order valence-electron chi connectivity index (χ0n) is 13.7. The number of hydrogen-bond acceptors (Lipinski definition) is 5. The Labute approximate surface area is 147 Å². The van der Waals surface area contributed by atoms with Gasteiger partial charge in [0.25, 0.3) is 5.56 Å². The van der Waals surface area contributed by atoms with Gasteiger partial charge in [0.2, 0.25) is 0 Å². The van der Waals surface area contributed by atoms with Crippen LogP contribution in [0, 0.1) is 0 Å². The van der Waals surface area contributed by atoms with Crippen LogP contribution < -0.4 is 15.0 Å². The molecule has 0 unspecified atom stereocenters. The number of fused-ring (bicyclic) bond motifs is 2. The molecule has 8 nitrogen and oxygen atoms in total. The number of ether oxygens (including phenoxy) is 2. The highest BCUT2D eigenvalue weighted by Crippen LogP contribution is 2.43. The van der Waals surface area contributed by atoms with E-state index in [0.29, 0.717) is 41.5 Å². The van der Waals surface area contributed by atoms with Gasteiger partial charge in [-0.15, -0.1) is 0 Å². The Morgan fingerprint density at radius 1 is 1.23 bits per heavy atom. The van der Waals surface area contributed by atoms with Crippen molar-refractivity contribution in [2.45, 2.75) is 18.8 Å². The van der Waals surface area contributed by atoms with E-state index in [2.05, 4.69) is 10.1 Å². The maximum absolute atomic E-state index is 12.7. The van der Waals surface area contributed by atoms with Crippen LogP contribution in [0.4, 0.5) is 0 Å². The minimum Gasteiger partial charge on any atom is -0.486 e. The van der Waals surface area contributed by atoms with Gasteiger partial charge in [-0.3, -0.25) is 4.79 Å². The molecule has 0 bridgehead atoms. The third-order valence-corrected chi connectivity index (χ3v) is 4.70. The molecule has 132 valence electrons. The number of hydrogen-bond donors (Lipinski definition) is 2. The van der Waals surface area contributed by atoms with E-state index in [1.54, 1.807) is 18.3 Å². The van der Waals surface area contributed by atoms with Gasteiger partial charge in [-0.25, -0.2) is 9.31 Å². The van der Waals surface area contributed by atoms with Crippen molar-refractivity contribution in [1.82, 2.24) is 14.6 Å². The summed E-state index contributed by atoms with van der Waals surface area (Å²) in [6.45, 7) is 0.974. The maximum Gasteiger partial charge on any atom is 0.356 e. The number of nitrogens with zero attached hydrogens (tertiary/aromatic N) is 2. The first-order chi connectivity index (χ1) is 12.6. The number of aromatic nitrogens is 3. The van der Waals surface area contributed by atoms with Gasteiger partial charge < -0.3 is 19.6 Å². The monoisotopic (exact) mass is 353 g/mol. The second-order valence-electron chi connectivity index (χ2n) is 6.49. The van der Waals surface area contributed by atoms with Crippen LogP contribution >= 0.6 is 0 Å². The third-order valence-electron chi connectivity index (χ3n) is 4.70. The molecule has 0 saturated heterocycles. The van der Waals surface area contributed by atoms with Crippen molar-refractivity contribution in [2.75, 3.05) is 13.2 Å². The lowest BCUT2D eigenvalue weighted by molar-refractivity contribution is 0.0689. The molecule has 0 radical (unpaired) electrons. The maximum atomic E-state index is 12.7. The third kappa shape index (κ3) is 2.26. The zero-order chi connectivity index (χ0) is 17.8. The molecule has 1 saturated carbocycles. The molecule has 2 N–H and O–H groups in total. The molecular formula is C18H15N3O5. The smallest absolute Gasteiger partial charge is 0.356 e. The standard InChI is InChI=1S/C18H15N3O5/c22-17-16-14(9-1-2-9)15(18(23)24)20-21(16)8-11(19-17)10-3-4-12-13(7-10)26-6-5-25-12/h3-4,7-9H,1-2,5-6H2,(H,19,22)(H,23,24). The van der Waals surface area contributed by atoms with E-state index >= 15 is 0 Å². The van der Waals surface area contributed by atoms with E-state index in [-0.39, 0.29) is 17.2 Å². The first-order valence-electron chi connectivity index (χ1n) is 8.40. The minimum atomic E-state index is -1.11. The van der Waals surface area contributed by atoms with Gasteiger partial charge in [0.1, 0.15) is 18.7 Å². The number of H-pyrrole nitrogens is 1. The summed E-state index contributed by atoms with van der Waals surface area (Å²) >= 11 is 0. The fourth-order valence-corrected chi connectivity index (χ4v) is 3.38. The van der Waals surface area contributed by atoms with Crippen molar-refractivity contribution in [3.05, 3.63) is 46.0 Å². The van der Waals surface area contributed by atoms with Crippen LogP contribution in [-0.4, -0.2) is 38.9 Å². The highest BCUT2D eigenvalue weighted by Gasteiger charge is 2.34. The predicted octanol–water partition coefficient (Wildman–Crippen LogP) is 2.04. The van der Waals surface area contributed by atoms with Crippen LogP contribution in [0.2, 0.25) is 0 Å². The summed E-state index contributed by atoms with van der Waals surface area (Å²) in [5.74, 6) is 0.252. The second-order valence-corrected chi connectivity index (χ2v) is 6.49. The van der Waals surface area contributed by atoms with E-state index in [4.69, 9.17) is 9.47 Å². The van der Waals surface area contributed by atoms with E-state index in [0.717, 1.165) is 18.4 Å². The highest BCUT2D eigenvalue weighted by molar-refractivity contribution is 5.90. The number of rotatable bonds is 3. The average Bonchev–Trinajstić information content (AvgIpc) is 3.40. The van der Waals surface area contributed by atoms with Crippen LogP contribution in [0.1, 0.15) is 34.8 Å². The summed E-state index contributed by atoms with van der Waals surface area (Å²) < 4.78 is 12.5. The Balaban J connectivity index is 1.68. The Bertz CT molecular complexity index is 1110. The summed E-state index contributed by atoms with van der Waals surface area (Å²) in [6.07, 6.45) is 3.40. The molecule has 1 aliphatic carbocycles. The molecule has 2 aromatic heterocycles. The Morgan fingerprint density at radius 2 is 2.00 bits per heavy atom. The molecular weight excluding hydrogens is 338 g/mol. The van der Waals surface area contributed by atoms with Gasteiger partial charge in [0, 0.05) is 11.1 Å². The summed E-state index contributed by atoms with van der Waals surface area (Å²) in [5.41, 5.74) is 1.71. The number of carboxylic acid groups (broad SMARTS) is 1. The lowest BCUT2D eigenvalue weighted by Crippen LogP contribution is -2.15. The fraction of sp³-hybridized carbons (Fsp3) is 0.278. The number of carbonyl (C=O) groups is 1. The van der Waals surface area contributed by atoms with Crippen molar-refractivity contribution < 1.29 is 19.4 Å². The number of nitrogens with one attached hydrogen (secondary N) is 1. The first kappa shape index (κ1) is 15.0. The van der Waals surface area contributed by atoms with Gasteiger partial charge in [-0.1, -0.05) is 0 Å². The van der Waals surface area contributed by atoms with Gasteiger partial charge in [0.05, 0.1) is 11.9 Å². The molecule has 3 heterocycles. The molecule has 5 rings (SSSR count). The minimum absolute atomic E-state index is 0.0441. The van der Waals surface area contributed by atoms with Crippen molar-refractivity contribution in [3.63, 3.8) is 0 Å². The Kier molecular flexibility index (Phi) is 3.09. The SMILES string of the molecule is O=C(O)c1nn2cc(-c3ccc4c(c3)OCCO4)[nH]c(=O)c2c1C1CC1. The normalized spacial score (nSPS) is 16.0. The number of aromatic amines is 1. The lowest BCUT2D eigenvalue weighted by Gasteiger charge is -2.18. The molecule has 1 aromatic carbocycles. The molecule has 3 aromatic rings. The van der Waals surface area contributed by atoms with E-state index < -0.39 is 5.97 Å². The molecule has 1 aliphatic heterocycles. The van der Waals surface area contributed by atoms with E-state index in [1.807, 2.05) is 6.07 Å². The number of benzene rings is 1. The fourth-order valence-electron chi connectivity index (χ4n) is 3.38. The first-order valence-corrected chi connectivity index (χ1v) is 8.40. The predicted molar refractivity (Wildman–Crippen MR) is 91.2 cm³/mol. The van der Waals surface area contributed by atoms with Crippen LogP contribution in [0.15, 0.2) is 29.2 Å². The van der Waals surface area contributed by atoms with Crippen LogP contribution in [0.5, 0.6) is 11.5 Å². The van der Waals surface area contributed by atoms with Gasteiger partial charge >= 0.3 is 5.97 Å². The zero-order valence-corrected chi connectivity index (χ0v) is 13.7. The summed E-state index contributed by atoms with van der Waals surface area (Å²) in [6, 6.07) is 5.39. The van der Waals surface area contributed by atoms with Crippen molar-refractivity contribution >= 4 is 11.5 Å². The molecule has 0 spiro atoms. The Morgan fingerprint density at radius 3 is 2.73 bits per heavy atom. The van der Waals surface area contributed by atoms with E-state index in [1.165, 1.54) is 4.52 Å². The van der Waals surface area contributed by atoms with Gasteiger partial charge in [-0.05, 0) is 37.0 Å². The summed E-state index contributed by atoms with van der Waals surface area (Å²) in [5, 5.41) is 13.6. The molecule has 0 amide bonds. The largest absolute Gasteiger partial charge is 0.486 e. The molecule has 2 aliphatic rings. The van der Waals surface area contributed by atoms with Gasteiger partial charge in [0.15, 0.2) is 17.2 Å². The van der Waals surface area contributed by atoms with Crippen LogP contribution in [0.3, 0.4) is 0 Å². The lowest BCUT2D eigenvalue weighted by atomic mass is 10.1. The van der Waals surface area contributed by atoms with Gasteiger partial charge in [-0.2, -0.15) is 5.10 Å². The number of aromatic carboxylic acids is 1. The molecule has 1 fully saturated rings. The molecule has 8 heteroatoms. The van der Waals surface area contributed by atoms with Crippen molar-refractivity contribution in [1.29, 1.82) is 0 Å². The highest BCUT2D eigenvalue weighted by atomic mass is 16.6. The summed E-state index contributed by atoms with van der Waals surface area (Å²) in [7, 11) is 0. The van der Waals surface area contributed by atoms with E-state index in [9.17, 15) is 14.7 Å². The quantitative estimate of drug-likeness (QED) is 0.746. The average molecular weight is 353 g/mol. The van der Waals surface area contributed by atoms with Crippen molar-refractivity contribution in [2.24, 2.45) is 0 Å².